The van der Waals surface area contributed by atoms with Crippen molar-refractivity contribution < 1.29 is 9.21 Å². The van der Waals surface area contributed by atoms with Gasteiger partial charge in [-0.1, -0.05) is 41.6 Å². The summed E-state index contributed by atoms with van der Waals surface area (Å²) in [5, 5.41) is 12.0. The lowest BCUT2D eigenvalue weighted by Crippen LogP contribution is -2.28. The van der Waals surface area contributed by atoms with Gasteiger partial charge in [0.1, 0.15) is 23.2 Å². The number of hydrogen-bond donors (Lipinski definition) is 0. The minimum Gasteiger partial charge on any atom is -0.467 e. The number of nitrogens with zero attached hydrogens (tertiary/aromatic N) is 6. The Morgan fingerprint density at radius 2 is 2.06 bits per heavy atom. The first-order chi connectivity index (χ1) is 15.1. The second kappa shape index (κ2) is 7.99. The van der Waals surface area contributed by atoms with E-state index < -0.39 is 0 Å². The Bertz CT molecular complexity index is 1260. The van der Waals surface area contributed by atoms with Crippen LogP contribution in [0.4, 0.5) is 0 Å². The lowest BCUT2D eigenvalue weighted by Gasteiger charge is -2.19. The third-order valence-corrected chi connectivity index (χ3v) is 6.24. The van der Waals surface area contributed by atoms with Crippen molar-refractivity contribution in [1.82, 2.24) is 24.8 Å². The van der Waals surface area contributed by atoms with Gasteiger partial charge in [0.25, 0.3) is 5.91 Å². The maximum absolute atomic E-state index is 13.2. The highest BCUT2D eigenvalue weighted by molar-refractivity contribution is 8.00. The van der Waals surface area contributed by atoms with Crippen molar-refractivity contribution in [3.8, 4) is 0 Å². The van der Waals surface area contributed by atoms with Crippen molar-refractivity contribution >= 4 is 34.4 Å². The molecule has 4 aromatic rings. The molecule has 1 amide bonds. The summed E-state index contributed by atoms with van der Waals surface area (Å²) in [4.78, 5) is 21.8. The minimum atomic E-state index is -0.261. The summed E-state index contributed by atoms with van der Waals surface area (Å²) in [6, 6.07) is 11.6. The molecule has 1 atom stereocenters. The number of aryl methyl sites for hydroxylation is 2. The van der Waals surface area contributed by atoms with E-state index in [9.17, 15) is 4.79 Å². The Kier molecular flexibility index (Phi) is 5.03. The third-order valence-electron chi connectivity index (χ3n) is 5.25. The highest BCUT2D eigenvalue weighted by Gasteiger charge is 2.34. The van der Waals surface area contributed by atoms with Gasteiger partial charge in [-0.2, -0.15) is 10.2 Å². The van der Waals surface area contributed by atoms with Crippen LogP contribution in [0.5, 0.6) is 0 Å². The number of hydrazone groups is 1. The fourth-order valence-electron chi connectivity index (χ4n) is 3.62. The van der Waals surface area contributed by atoms with Crippen LogP contribution in [0, 0.1) is 6.92 Å². The molecule has 1 aliphatic heterocycles. The van der Waals surface area contributed by atoms with Crippen molar-refractivity contribution in [2.24, 2.45) is 12.1 Å². The van der Waals surface area contributed by atoms with Crippen LogP contribution in [-0.4, -0.2) is 42.1 Å². The molecular weight excluding hydrogens is 412 g/mol. The van der Waals surface area contributed by atoms with Gasteiger partial charge in [0.2, 0.25) is 0 Å². The second-order valence-corrected chi connectivity index (χ2v) is 8.32. The minimum absolute atomic E-state index is 0.107. The van der Waals surface area contributed by atoms with E-state index in [1.54, 1.807) is 22.2 Å². The number of thioether (sulfide) groups is 1. The maximum Gasteiger partial charge on any atom is 0.253 e. The van der Waals surface area contributed by atoms with E-state index in [2.05, 4.69) is 20.2 Å². The first-order valence-electron chi connectivity index (χ1n) is 9.85. The summed E-state index contributed by atoms with van der Waals surface area (Å²) in [6.45, 7) is 2.05. The zero-order chi connectivity index (χ0) is 21.4. The van der Waals surface area contributed by atoms with Crippen LogP contribution in [0.1, 0.15) is 29.3 Å². The molecule has 1 aromatic carbocycles. The Hall–Kier alpha value is -3.46. The quantitative estimate of drug-likeness (QED) is 0.353. The number of amides is 1. The third kappa shape index (κ3) is 3.72. The molecule has 31 heavy (non-hydrogen) atoms. The number of carbonyl (C=O) groups excluding carboxylic acids is 1. The summed E-state index contributed by atoms with van der Waals surface area (Å²) in [5.74, 6) is 0.813. The number of aromatic nitrogens is 4. The van der Waals surface area contributed by atoms with Crippen molar-refractivity contribution in [2.75, 3.05) is 5.75 Å². The Labute approximate surface area is 183 Å². The molecular formula is C22H20N6O2S. The van der Waals surface area contributed by atoms with E-state index in [0.29, 0.717) is 6.42 Å². The fourth-order valence-corrected chi connectivity index (χ4v) is 4.43. The lowest BCUT2D eigenvalue weighted by atomic mass is 10.0. The number of benzene rings is 1. The van der Waals surface area contributed by atoms with Gasteiger partial charge in [0.05, 0.1) is 29.3 Å². The molecule has 4 heterocycles. The van der Waals surface area contributed by atoms with Crippen LogP contribution in [-0.2, 0) is 11.8 Å². The summed E-state index contributed by atoms with van der Waals surface area (Å²) >= 11 is 1.36. The molecule has 0 unspecified atom stereocenters. The van der Waals surface area contributed by atoms with Gasteiger partial charge in [-0.15, -0.1) is 0 Å². The second-order valence-electron chi connectivity index (χ2n) is 7.36. The number of furan rings is 1. The maximum atomic E-state index is 13.2. The number of fused-ring (bicyclic) bond motifs is 1. The van der Waals surface area contributed by atoms with Gasteiger partial charge in [-0.3, -0.25) is 9.48 Å². The molecule has 5 rings (SSSR count). The smallest absolute Gasteiger partial charge is 0.253 e. The lowest BCUT2D eigenvalue weighted by molar-refractivity contribution is -0.130. The summed E-state index contributed by atoms with van der Waals surface area (Å²) in [6.07, 6.45) is 5.44. The molecule has 1 aliphatic rings. The first-order valence-corrected chi connectivity index (χ1v) is 10.8. The van der Waals surface area contributed by atoms with Crippen LogP contribution in [0.15, 0.2) is 69.7 Å². The van der Waals surface area contributed by atoms with E-state index in [1.165, 1.54) is 23.7 Å². The highest BCUT2D eigenvalue weighted by atomic mass is 32.2. The number of carbonyl (C=O) groups is 1. The van der Waals surface area contributed by atoms with Crippen LogP contribution < -0.4 is 0 Å². The fraction of sp³-hybridized carbons (Fsp3) is 0.227. The van der Waals surface area contributed by atoms with Gasteiger partial charge < -0.3 is 4.42 Å². The number of rotatable bonds is 5. The van der Waals surface area contributed by atoms with Crippen LogP contribution in [0.2, 0.25) is 0 Å². The van der Waals surface area contributed by atoms with Crippen LogP contribution >= 0.6 is 11.8 Å². The predicted molar refractivity (Wildman–Crippen MR) is 118 cm³/mol. The van der Waals surface area contributed by atoms with Crippen LogP contribution in [0.3, 0.4) is 0 Å². The van der Waals surface area contributed by atoms with Gasteiger partial charge >= 0.3 is 0 Å². The first kappa shape index (κ1) is 19.5. The molecule has 0 aliphatic carbocycles. The standard InChI is InChI=1S/C22H20N6O2S/c1-14-5-7-15(8-6-14)17-10-18(19-4-3-9-30-19)28(26-17)20(29)12-31-22-16-11-25-27(2)21(16)23-13-24-22/h3-9,11,13,18H,10,12H2,1-2H3/t18-/m0/s1. The van der Waals surface area contributed by atoms with Crippen molar-refractivity contribution in [3.05, 3.63) is 72.1 Å². The van der Waals surface area contributed by atoms with Crippen molar-refractivity contribution in [2.45, 2.75) is 24.4 Å². The van der Waals surface area contributed by atoms with Gasteiger partial charge in [-0.25, -0.2) is 15.0 Å². The van der Waals surface area contributed by atoms with E-state index in [4.69, 9.17) is 4.42 Å². The highest BCUT2D eigenvalue weighted by Crippen LogP contribution is 2.34. The normalized spacial score (nSPS) is 16.1. The molecule has 0 bridgehead atoms. The topological polar surface area (TPSA) is 89.4 Å². The molecule has 0 radical (unpaired) electrons. The zero-order valence-corrected chi connectivity index (χ0v) is 17.9. The Morgan fingerprint density at radius 1 is 1.23 bits per heavy atom. The summed E-state index contributed by atoms with van der Waals surface area (Å²) < 4.78 is 7.31. The average molecular weight is 433 g/mol. The van der Waals surface area contributed by atoms with Crippen molar-refractivity contribution in [1.29, 1.82) is 0 Å². The van der Waals surface area contributed by atoms with Crippen LogP contribution in [0.25, 0.3) is 11.0 Å². The molecule has 0 spiro atoms. The van der Waals surface area contributed by atoms with E-state index >= 15 is 0 Å². The van der Waals surface area contributed by atoms with Crippen molar-refractivity contribution in [3.63, 3.8) is 0 Å². The summed E-state index contributed by atoms with van der Waals surface area (Å²) in [7, 11) is 1.83. The number of hydrogen-bond acceptors (Lipinski definition) is 7. The van der Waals surface area contributed by atoms with E-state index in [1.807, 2.05) is 50.4 Å². The van der Waals surface area contributed by atoms with Gasteiger partial charge in [0.15, 0.2) is 5.65 Å². The van der Waals surface area contributed by atoms with E-state index in [-0.39, 0.29) is 17.7 Å². The van der Waals surface area contributed by atoms with E-state index in [0.717, 1.165) is 33.1 Å². The predicted octanol–water partition coefficient (Wildman–Crippen LogP) is 3.73. The molecule has 156 valence electrons. The van der Waals surface area contributed by atoms with Gasteiger partial charge in [-0.05, 0) is 24.6 Å². The molecule has 8 nitrogen and oxygen atoms in total. The van der Waals surface area contributed by atoms with Gasteiger partial charge in [0, 0.05) is 13.5 Å². The molecule has 0 saturated heterocycles. The molecule has 3 aromatic heterocycles. The summed E-state index contributed by atoms with van der Waals surface area (Å²) in [5.41, 5.74) is 3.80. The SMILES string of the molecule is Cc1ccc(C2=NN(C(=O)CSc3ncnc4c3cnn4C)[C@H](c3ccco3)C2)cc1. The molecule has 0 fully saturated rings. The monoisotopic (exact) mass is 432 g/mol. The molecule has 0 N–H and O–H groups in total. The molecule has 9 heteroatoms. The Morgan fingerprint density at radius 3 is 2.84 bits per heavy atom. The average Bonchev–Trinajstić information content (AvgIpc) is 3.53. The largest absolute Gasteiger partial charge is 0.467 e. The Balaban J connectivity index is 1.39. The zero-order valence-electron chi connectivity index (χ0n) is 17.1. The molecule has 0 saturated carbocycles.